The molecule has 0 aliphatic heterocycles. The molecule has 8 nitrogen and oxygen atoms in total. The predicted octanol–water partition coefficient (Wildman–Crippen LogP) is 2.26. The number of carbonyl (C=O) groups is 2. The topological polar surface area (TPSA) is 144 Å². The third kappa shape index (κ3) is 4.93. The van der Waals surface area contributed by atoms with E-state index in [1.165, 1.54) is 24.3 Å². The number of hydrogen-bond donors (Lipinski definition) is 3. The van der Waals surface area contributed by atoms with Crippen LogP contribution in [-0.2, 0) is 0 Å². The summed E-state index contributed by atoms with van der Waals surface area (Å²) in [6.07, 6.45) is 0. The van der Waals surface area contributed by atoms with E-state index in [9.17, 15) is 19.7 Å². The number of rotatable bonds is 3. The van der Waals surface area contributed by atoms with Crippen molar-refractivity contribution in [1.82, 2.24) is 0 Å². The van der Waals surface area contributed by atoms with Gasteiger partial charge in [-0.15, -0.1) is 0 Å². The molecule has 0 radical (unpaired) electrons. The van der Waals surface area contributed by atoms with Crippen LogP contribution < -0.4 is 5.73 Å². The first-order valence-corrected chi connectivity index (χ1v) is 5.88. The van der Waals surface area contributed by atoms with Gasteiger partial charge in [-0.05, 0) is 36.4 Å². The fourth-order valence-corrected chi connectivity index (χ4v) is 1.35. The molecule has 4 N–H and O–H groups in total. The number of nitro benzene ring substituents is 1. The summed E-state index contributed by atoms with van der Waals surface area (Å²) in [5.41, 5.74) is 6.10. The van der Waals surface area contributed by atoms with Crippen molar-refractivity contribution in [1.29, 1.82) is 0 Å². The van der Waals surface area contributed by atoms with Crippen LogP contribution in [-0.4, -0.2) is 27.1 Å². The Morgan fingerprint density at radius 2 is 1.23 bits per heavy atom. The van der Waals surface area contributed by atoms with Crippen LogP contribution >= 0.6 is 0 Å². The lowest BCUT2D eigenvalue weighted by Gasteiger charge is -1.93. The van der Waals surface area contributed by atoms with Gasteiger partial charge < -0.3 is 15.9 Å². The van der Waals surface area contributed by atoms with Gasteiger partial charge >= 0.3 is 11.9 Å². The summed E-state index contributed by atoms with van der Waals surface area (Å²) >= 11 is 0. The number of benzene rings is 2. The number of nitrogens with zero attached hydrogens (tertiary/aromatic N) is 1. The molecule has 0 atom stereocenters. The van der Waals surface area contributed by atoms with Crippen LogP contribution in [0.1, 0.15) is 20.7 Å². The van der Waals surface area contributed by atoms with Gasteiger partial charge in [-0.1, -0.05) is 0 Å². The van der Waals surface area contributed by atoms with E-state index in [-0.39, 0.29) is 16.8 Å². The number of aromatic carboxylic acids is 2. The Balaban J connectivity index is 0.000000224. The second kappa shape index (κ2) is 7.39. The van der Waals surface area contributed by atoms with Gasteiger partial charge in [-0.2, -0.15) is 0 Å². The first-order chi connectivity index (χ1) is 10.3. The van der Waals surface area contributed by atoms with Crippen molar-refractivity contribution >= 4 is 23.3 Å². The van der Waals surface area contributed by atoms with Gasteiger partial charge in [0.1, 0.15) is 0 Å². The molecule has 0 saturated carbocycles. The van der Waals surface area contributed by atoms with Crippen molar-refractivity contribution in [2.75, 3.05) is 5.73 Å². The standard InChI is InChI=1S/C7H5NO4.C7H7NO2/c9-7(10)5-1-3-6(4-2-5)8(11)12;8-6-3-1-5(2-4-6)7(9)10/h1-4H,(H,9,10);1-4H,8H2,(H,9,10). The lowest BCUT2D eigenvalue weighted by molar-refractivity contribution is -0.384. The molecule has 22 heavy (non-hydrogen) atoms. The zero-order valence-electron chi connectivity index (χ0n) is 11.2. The molecular weight excluding hydrogens is 292 g/mol. The van der Waals surface area contributed by atoms with Crippen LogP contribution in [0.2, 0.25) is 0 Å². The Morgan fingerprint density at radius 1 is 0.864 bits per heavy atom. The highest BCUT2D eigenvalue weighted by molar-refractivity contribution is 5.88. The van der Waals surface area contributed by atoms with E-state index < -0.39 is 16.9 Å². The molecule has 2 aromatic rings. The Bertz CT molecular complexity index is 646. The quantitative estimate of drug-likeness (QED) is 0.448. The van der Waals surface area contributed by atoms with Gasteiger partial charge in [-0.3, -0.25) is 10.1 Å². The molecule has 114 valence electrons. The average Bonchev–Trinajstić information content (AvgIpc) is 2.48. The highest BCUT2D eigenvalue weighted by atomic mass is 16.6. The Morgan fingerprint density at radius 3 is 1.55 bits per heavy atom. The van der Waals surface area contributed by atoms with Crippen LogP contribution in [0, 0.1) is 10.1 Å². The number of anilines is 1. The third-order valence-corrected chi connectivity index (χ3v) is 2.48. The lowest BCUT2D eigenvalue weighted by atomic mass is 10.2. The van der Waals surface area contributed by atoms with Crippen LogP contribution in [0.5, 0.6) is 0 Å². The monoisotopic (exact) mass is 304 g/mol. The highest BCUT2D eigenvalue weighted by Gasteiger charge is 2.06. The third-order valence-electron chi connectivity index (χ3n) is 2.48. The normalized spacial score (nSPS) is 9.27. The number of nitro groups is 1. The van der Waals surface area contributed by atoms with E-state index in [2.05, 4.69) is 0 Å². The summed E-state index contributed by atoms with van der Waals surface area (Å²) in [6, 6.07) is 10.8. The lowest BCUT2D eigenvalue weighted by Crippen LogP contribution is -1.96. The second-order valence-electron chi connectivity index (χ2n) is 4.04. The number of carboxylic acid groups (broad SMARTS) is 2. The van der Waals surface area contributed by atoms with E-state index in [4.69, 9.17) is 15.9 Å². The zero-order valence-corrected chi connectivity index (χ0v) is 11.2. The van der Waals surface area contributed by atoms with Gasteiger partial charge in [0.05, 0.1) is 16.1 Å². The molecule has 0 unspecified atom stereocenters. The summed E-state index contributed by atoms with van der Waals surface area (Å²) in [4.78, 5) is 30.1. The van der Waals surface area contributed by atoms with E-state index in [1.54, 1.807) is 12.1 Å². The van der Waals surface area contributed by atoms with Crippen LogP contribution in [0.4, 0.5) is 11.4 Å². The fraction of sp³-hybridized carbons (Fsp3) is 0. The first-order valence-electron chi connectivity index (χ1n) is 5.88. The molecule has 0 spiro atoms. The summed E-state index contributed by atoms with van der Waals surface area (Å²) in [7, 11) is 0. The average molecular weight is 304 g/mol. The van der Waals surface area contributed by atoms with Crippen LogP contribution in [0.3, 0.4) is 0 Å². The molecule has 0 aromatic heterocycles. The van der Waals surface area contributed by atoms with Crippen molar-refractivity contribution in [3.8, 4) is 0 Å². The van der Waals surface area contributed by atoms with E-state index in [0.717, 1.165) is 12.1 Å². The van der Waals surface area contributed by atoms with Crippen molar-refractivity contribution in [2.45, 2.75) is 0 Å². The summed E-state index contributed by atoms with van der Waals surface area (Å²) in [6.45, 7) is 0. The van der Waals surface area contributed by atoms with Crippen molar-refractivity contribution in [3.05, 3.63) is 69.8 Å². The molecule has 0 fully saturated rings. The molecule has 0 heterocycles. The van der Waals surface area contributed by atoms with Gasteiger partial charge in [-0.25, -0.2) is 9.59 Å². The largest absolute Gasteiger partial charge is 0.478 e. The highest BCUT2D eigenvalue weighted by Crippen LogP contribution is 2.11. The van der Waals surface area contributed by atoms with Gasteiger partial charge in [0.15, 0.2) is 0 Å². The Labute approximate surface area is 124 Å². The summed E-state index contributed by atoms with van der Waals surface area (Å²) in [5, 5.41) is 27.0. The molecule has 8 heteroatoms. The van der Waals surface area contributed by atoms with E-state index in [0.29, 0.717) is 5.69 Å². The maximum Gasteiger partial charge on any atom is 0.335 e. The van der Waals surface area contributed by atoms with Gasteiger partial charge in [0.25, 0.3) is 5.69 Å². The fourth-order valence-electron chi connectivity index (χ4n) is 1.35. The summed E-state index contributed by atoms with van der Waals surface area (Å²) in [5.74, 6) is -2.02. The molecule has 0 aliphatic carbocycles. The maximum absolute atomic E-state index is 10.3. The van der Waals surface area contributed by atoms with Crippen molar-refractivity contribution < 1.29 is 24.7 Å². The smallest absolute Gasteiger partial charge is 0.335 e. The number of hydrogen-bond acceptors (Lipinski definition) is 5. The van der Waals surface area contributed by atoms with E-state index >= 15 is 0 Å². The first kappa shape index (κ1) is 16.6. The molecule has 0 saturated heterocycles. The number of nitrogen functional groups attached to an aromatic ring is 1. The molecular formula is C14H12N2O6. The van der Waals surface area contributed by atoms with Gasteiger partial charge in [0, 0.05) is 17.8 Å². The number of nitrogens with two attached hydrogens (primary N) is 1. The SMILES string of the molecule is Nc1ccc(C(=O)O)cc1.O=C(O)c1ccc([N+](=O)[O-])cc1. The van der Waals surface area contributed by atoms with Crippen molar-refractivity contribution in [2.24, 2.45) is 0 Å². The summed E-state index contributed by atoms with van der Waals surface area (Å²) < 4.78 is 0. The minimum atomic E-state index is -1.09. The molecule has 2 rings (SSSR count). The molecule has 2 aromatic carbocycles. The van der Waals surface area contributed by atoms with E-state index in [1.807, 2.05) is 0 Å². The van der Waals surface area contributed by atoms with Crippen molar-refractivity contribution in [3.63, 3.8) is 0 Å². The minimum absolute atomic E-state index is 0.0422. The Kier molecular flexibility index (Phi) is 5.58. The van der Waals surface area contributed by atoms with Crippen LogP contribution in [0.15, 0.2) is 48.5 Å². The minimum Gasteiger partial charge on any atom is -0.478 e. The number of non-ortho nitro benzene ring substituents is 1. The molecule has 0 aliphatic rings. The predicted molar refractivity (Wildman–Crippen MR) is 77.9 cm³/mol. The second-order valence-corrected chi connectivity index (χ2v) is 4.04. The number of carboxylic acids is 2. The van der Waals surface area contributed by atoms with Crippen LogP contribution in [0.25, 0.3) is 0 Å². The molecule has 0 bridgehead atoms. The zero-order chi connectivity index (χ0) is 16.7. The Hall–Kier alpha value is -3.42. The van der Waals surface area contributed by atoms with Gasteiger partial charge in [0.2, 0.25) is 0 Å². The molecule has 0 amide bonds. The maximum atomic E-state index is 10.3.